The van der Waals surface area contributed by atoms with Gasteiger partial charge in [0, 0.05) is 5.39 Å². The first-order valence-corrected chi connectivity index (χ1v) is 5.10. The maximum atomic E-state index is 10.6. The number of nitrogens with two attached hydrogens (primary N) is 1. The van der Waals surface area contributed by atoms with Gasteiger partial charge in [-0.15, -0.1) is 0 Å². The molecule has 0 saturated carbocycles. The van der Waals surface area contributed by atoms with E-state index in [1.165, 1.54) is 18.5 Å². The number of nitrogens with zero attached hydrogens (tertiary/aromatic N) is 2. The Morgan fingerprint density at radius 3 is 2.67 bits per heavy atom. The molecule has 0 aliphatic carbocycles. The third-order valence-electron chi connectivity index (χ3n) is 2.58. The van der Waals surface area contributed by atoms with Crippen molar-refractivity contribution in [3.63, 3.8) is 0 Å². The van der Waals surface area contributed by atoms with Crippen molar-refractivity contribution in [2.45, 2.75) is 12.2 Å². The Hall–Kier alpha value is -2.25. The van der Waals surface area contributed by atoms with E-state index in [1.807, 2.05) is 0 Å². The molecule has 1 aromatic heterocycles. The fraction of sp³-hybridized carbons (Fsp3) is 0.182. The quantitative estimate of drug-likeness (QED) is 0.587. The number of carbonyl (C=O) groups is 1. The summed E-state index contributed by atoms with van der Waals surface area (Å²) >= 11 is 0. The Morgan fingerprint density at radius 2 is 2.00 bits per heavy atom. The number of nitrogen functional groups attached to an aromatic ring is 1. The number of carboxylic acids is 1. The highest BCUT2D eigenvalue weighted by Gasteiger charge is 2.25. The molecule has 0 radical (unpaired) electrons. The van der Waals surface area contributed by atoms with Gasteiger partial charge < -0.3 is 21.1 Å². The van der Waals surface area contributed by atoms with E-state index in [0.717, 1.165) is 0 Å². The second-order valence-electron chi connectivity index (χ2n) is 3.76. The van der Waals surface area contributed by atoms with E-state index in [2.05, 4.69) is 9.97 Å². The van der Waals surface area contributed by atoms with Crippen LogP contribution in [0.5, 0.6) is 0 Å². The predicted molar refractivity (Wildman–Crippen MR) is 62.6 cm³/mol. The molecule has 18 heavy (non-hydrogen) atoms. The zero-order valence-corrected chi connectivity index (χ0v) is 9.19. The Labute approximate surface area is 102 Å². The van der Waals surface area contributed by atoms with Crippen LogP contribution in [0, 0.1) is 0 Å². The normalized spacial score (nSPS) is 14.3. The van der Waals surface area contributed by atoms with E-state index in [1.54, 1.807) is 6.07 Å². The van der Waals surface area contributed by atoms with Crippen molar-refractivity contribution >= 4 is 22.7 Å². The van der Waals surface area contributed by atoms with Crippen LogP contribution >= 0.6 is 0 Å². The van der Waals surface area contributed by atoms with E-state index in [9.17, 15) is 15.0 Å². The first-order valence-electron chi connectivity index (χ1n) is 5.10. The summed E-state index contributed by atoms with van der Waals surface area (Å²) in [4.78, 5) is 18.4. The molecule has 1 heterocycles. The zero-order valence-electron chi connectivity index (χ0n) is 9.19. The van der Waals surface area contributed by atoms with Gasteiger partial charge in [0.2, 0.25) is 0 Å². The van der Waals surface area contributed by atoms with Crippen molar-refractivity contribution in [3.05, 3.63) is 30.1 Å². The van der Waals surface area contributed by atoms with Gasteiger partial charge in [0.05, 0.1) is 5.52 Å². The fourth-order valence-electron chi connectivity index (χ4n) is 1.60. The molecule has 1 aromatic carbocycles. The topological polar surface area (TPSA) is 130 Å². The molecule has 5 N–H and O–H groups in total. The molecule has 0 spiro atoms. The summed E-state index contributed by atoms with van der Waals surface area (Å²) in [6.45, 7) is 0. The minimum absolute atomic E-state index is 0.221. The molecule has 0 fully saturated rings. The van der Waals surface area contributed by atoms with Crippen LogP contribution in [0.25, 0.3) is 10.9 Å². The van der Waals surface area contributed by atoms with Crippen molar-refractivity contribution in [2.24, 2.45) is 0 Å². The molecule has 7 nitrogen and oxygen atoms in total. The monoisotopic (exact) mass is 249 g/mol. The highest BCUT2D eigenvalue weighted by molar-refractivity contribution is 5.88. The molecule has 0 saturated heterocycles. The van der Waals surface area contributed by atoms with Gasteiger partial charge in [-0.2, -0.15) is 0 Å². The molecule has 2 unspecified atom stereocenters. The van der Waals surface area contributed by atoms with Gasteiger partial charge in [-0.25, -0.2) is 14.8 Å². The van der Waals surface area contributed by atoms with Crippen LogP contribution in [0.2, 0.25) is 0 Å². The molecular weight excluding hydrogens is 238 g/mol. The molecular formula is C11H11N3O4. The van der Waals surface area contributed by atoms with Crippen LogP contribution in [0.1, 0.15) is 11.7 Å². The smallest absolute Gasteiger partial charge is 0.335 e. The van der Waals surface area contributed by atoms with Crippen LogP contribution in [0.15, 0.2) is 24.5 Å². The summed E-state index contributed by atoms with van der Waals surface area (Å²) < 4.78 is 0. The fourth-order valence-corrected chi connectivity index (χ4v) is 1.60. The molecule has 7 heteroatoms. The first-order chi connectivity index (χ1) is 8.50. The highest BCUT2D eigenvalue weighted by atomic mass is 16.4. The molecule has 0 amide bonds. The lowest BCUT2D eigenvalue weighted by Crippen LogP contribution is -2.27. The lowest BCUT2D eigenvalue weighted by Gasteiger charge is -2.14. The van der Waals surface area contributed by atoms with Gasteiger partial charge in [-0.3, -0.25) is 0 Å². The number of benzene rings is 1. The lowest BCUT2D eigenvalue weighted by molar-refractivity contribution is -0.153. The van der Waals surface area contributed by atoms with Gasteiger partial charge in [-0.05, 0) is 17.7 Å². The molecule has 0 aliphatic rings. The minimum atomic E-state index is -1.90. The van der Waals surface area contributed by atoms with E-state index in [-0.39, 0.29) is 11.4 Å². The summed E-state index contributed by atoms with van der Waals surface area (Å²) in [6, 6.07) is 4.51. The van der Waals surface area contributed by atoms with E-state index in [4.69, 9.17) is 10.8 Å². The summed E-state index contributed by atoms with van der Waals surface area (Å²) in [5.74, 6) is -1.28. The first kappa shape index (κ1) is 12.2. The number of rotatable bonds is 3. The highest BCUT2D eigenvalue weighted by Crippen LogP contribution is 2.24. The summed E-state index contributed by atoms with van der Waals surface area (Å²) in [7, 11) is 0. The summed E-state index contributed by atoms with van der Waals surface area (Å²) in [5, 5.41) is 28.1. The second-order valence-corrected chi connectivity index (χ2v) is 3.76. The van der Waals surface area contributed by atoms with Gasteiger partial charge in [-0.1, -0.05) is 6.07 Å². The van der Waals surface area contributed by atoms with E-state index >= 15 is 0 Å². The van der Waals surface area contributed by atoms with Crippen molar-refractivity contribution in [2.75, 3.05) is 5.73 Å². The molecule has 2 atom stereocenters. The van der Waals surface area contributed by atoms with Crippen LogP contribution in [0.3, 0.4) is 0 Å². The Kier molecular flexibility index (Phi) is 3.09. The van der Waals surface area contributed by atoms with Crippen molar-refractivity contribution in [3.8, 4) is 0 Å². The SMILES string of the molecule is Nc1ncnc2ccc(C(O)C(O)C(=O)O)cc12. The number of hydrogen-bond acceptors (Lipinski definition) is 6. The number of aromatic nitrogens is 2. The number of carboxylic acid groups (broad SMARTS) is 1. The molecule has 94 valence electrons. The number of anilines is 1. The molecule has 0 aliphatic heterocycles. The Balaban J connectivity index is 2.47. The number of aliphatic carboxylic acids is 1. The third kappa shape index (κ3) is 2.08. The van der Waals surface area contributed by atoms with E-state index < -0.39 is 18.2 Å². The van der Waals surface area contributed by atoms with Crippen molar-refractivity contribution < 1.29 is 20.1 Å². The number of aliphatic hydroxyl groups is 2. The standard InChI is InChI=1S/C11H11N3O4/c12-10-6-3-5(8(15)9(16)11(17)18)1-2-7(6)13-4-14-10/h1-4,8-9,15-16H,(H,17,18)(H2,12,13,14). The number of aliphatic hydroxyl groups excluding tert-OH is 2. The van der Waals surface area contributed by atoms with Crippen LogP contribution < -0.4 is 5.73 Å². The van der Waals surface area contributed by atoms with Crippen LogP contribution in [0.4, 0.5) is 5.82 Å². The van der Waals surface area contributed by atoms with Crippen LogP contribution in [-0.4, -0.2) is 37.4 Å². The van der Waals surface area contributed by atoms with Crippen LogP contribution in [-0.2, 0) is 4.79 Å². The number of fused-ring (bicyclic) bond motifs is 1. The van der Waals surface area contributed by atoms with Gasteiger partial charge in [0.1, 0.15) is 18.2 Å². The Morgan fingerprint density at radius 1 is 1.28 bits per heavy atom. The van der Waals surface area contributed by atoms with E-state index in [0.29, 0.717) is 10.9 Å². The Bertz CT molecular complexity index is 602. The molecule has 2 rings (SSSR count). The zero-order chi connectivity index (χ0) is 13.3. The minimum Gasteiger partial charge on any atom is -0.479 e. The maximum Gasteiger partial charge on any atom is 0.335 e. The predicted octanol–water partition coefficient (Wildman–Crippen LogP) is -0.309. The van der Waals surface area contributed by atoms with Crippen molar-refractivity contribution in [1.29, 1.82) is 0 Å². The summed E-state index contributed by atoms with van der Waals surface area (Å²) in [6.07, 6.45) is -2.13. The third-order valence-corrected chi connectivity index (χ3v) is 2.58. The van der Waals surface area contributed by atoms with Gasteiger partial charge in [0.25, 0.3) is 0 Å². The molecule has 0 bridgehead atoms. The lowest BCUT2D eigenvalue weighted by atomic mass is 10.0. The average Bonchev–Trinajstić information content (AvgIpc) is 2.37. The second kappa shape index (κ2) is 4.55. The van der Waals surface area contributed by atoms with Crippen molar-refractivity contribution in [1.82, 2.24) is 9.97 Å². The maximum absolute atomic E-state index is 10.6. The summed E-state index contributed by atoms with van der Waals surface area (Å²) in [5.41, 5.74) is 6.46. The largest absolute Gasteiger partial charge is 0.479 e. The van der Waals surface area contributed by atoms with Gasteiger partial charge >= 0.3 is 5.97 Å². The number of hydrogen-bond donors (Lipinski definition) is 4. The van der Waals surface area contributed by atoms with Gasteiger partial charge in [0.15, 0.2) is 6.10 Å². The average molecular weight is 249 g/mol. The molecule has 2 aromatic rings.